The largest absolute Gasteiger partial charge is 0.436 e. The summed E-state index contributed by atoms with van der Waals surface area (Å²) in [5.41, 5.74) is 0. The van der Waals surface area contributed by atoms with Gasteiger partial charge < -0.3 is 10.1 Å². The van der Waals surface area contributed by atoms with Crippen molar-refractivity contribution in [3.8, 4) is 11.6 Å². The van der Waals surface area contributed by atoms with E-state index in [1.807, 2.05) is 17.9 Å². The van der Waals surface area contributed by atoms with Crippen LogP contribution in [0.4, 0.5) is 5.82 Å². The summed E-state index contributed by atoms with van der Waals surface area (Å²) in [7, 11) is 1.85. The quantitative estimate of drug-likeness (QED) is 0.907. The molecule has 0 aliphatic heterocycles. The Kier molecular flexibility index (Phi) is 3.30. The molecule has 0 bridgehead atoms. The Morgan fingerprint density at radius 3 is 2.75 bits per heavy atom. The van der Waals surface area contributed by atoms with E-state index < -0.39 is 0 Å². The van der Waals surface area contributed by atoms with Crippen LogP contribution in [0.15, 0.2) is 18.5 Å². The number of nitrogens with one attached hydrogen (secondary N) is 1. The molecule has 1 fully saturated rings. The molecule has 6 nitrogen and oxygen atoms in total. The van der Waals surface area contributed by atoms with Crippen LogP contribution in [0.5, 0.6) is 11.6 Å². The first-order chi connectivity index (χ1) is 9.65. The maximum Gasteiger partial charge on any atom is 0.224 e. The lowest BCUT2D eigenvalue weighted by molar-refractivity contribution is 0.455. The lowest BCUT2D eigenvalue weighted by Crippen LogP contribution is -2.01. The second-order valence-electron chi connectivity index (χ2n) is 5.33. The van der Waals surface area contributed by atoms with Crippen LogP contribution in [-0.2, 0) is 0 Å². The average molecular weight is 273 g/mol. The van der Waals surface area contributed by atoms with Gasteiger partial charge in [-0.3, -0.25) is 4.68 Å². The Labute approximate surface area is 118 Å². The van der Waals surface area contributed by atoms with Crippen molar-refractivity contribution in [3.63, 3.8) is 0 Å². The van der Waals surface area contributed by atoms with Crippen molar-refractivity contribution >= 4 is 5.82 Å². The van der Waals surface area contributed by atoms with E-state index in [2.05, 4.69) is 34.2 Å². The number of hydrogen-bond donors (Lipinski definition) is 1. The van der Waals surface area contributed by atoms with Crippen LogP contribution in [0.1, 0.15) is 44.5 Å². The van der Waals surface area contributed by atoms with Crippen molar-refractivity contribution in [3.05, 3.63) is 24.3 Å². The first kappa shape index (κ1) is 12.9. The summed E-state index contributed by atoms with van der Waals surface area (Å²) in [6.07, 6.45) is 5.91. The molecule has 0 radical (unpaired) electrons. The number of aromatic nitrogens is 4. The first-order valence-electron chi connectivity index (χ1n) is 6.94. The third-order valence-electron chi connectivity index (χ3n) is 3.25. The maximum atomic E-state index is 5.80. The highest BCUT2D eigenvalue weighted by atomic mass is 16.5. The van der Waals surface area contributed by atoms with Gasteiger partial charge in [-0.1, -0.05) is 0 Å². The van der Waals surface area contributed by atoms with Gasteiger partial charge in [0.15, 0.2) is 5.75 Å². The summed E-state index contributed by atoms with van der Waals surface area (Å²) in [5, 5.41) is 7.30. The van der Waals surface area contributed by atoms with Gasteiger partial charge in [-0.2, -0.15) is 10.1 Å². The van der Waals surface area contributed by atoms with Gasteiger partial charge in [-0.05, 0) is 26.7 Å². The number of ether oxygens (including phenoxy) is 1. The molecule has 3 rings (SSSR count). The second-order valence-corrected chi connectivity index (χ2v) is 5.33. The van der Waals surface area contributed by atoms with Crippen molar-refractivity contribution in [1.82, 2.24) is 19.7 Å². The van der Waals surface area contributed by atoms with E-state index in [-0.39, 0.29) is 0 Å². The predicted octanol–water partition coefficient (Wildman–Crippen LogP) is 2.97. The lowest BCUT2D eigenvalue weighted by atomic mass is 10.4. The summed E-state index contributed by atoms with van der Waals surface area (Å²) in [6.45, 7) is 4.15. The van der Waals surface area contributed by atoms with Crippen molar-refractivity contribution in [2.75, 3.05) is 12.4 Å². The standard InChI is InChI=1S/C14H19N5O/c1-9(2)19-8-11(7-16-19)20-13-6-12(15-3)17-14(18-13)10-4-5-10/h6-10H,4-5H2,1-3H3,(H,15,17,18). The first-order valence-corrected chi connectivity index (χ1v) is 6.94. The maximum absolute atomic E-state index is 5.80. The van der Waals surface area contributed by atoms with Crippen molar-refractivity contribution < 1.29 is 4.74 Å². The average Bonchev–Trinajstić information content (AvgIpc) is 3.18. The molecule has 1 aliphatic rings. The number of anilines is 1. The summed E-state index contributed by atoms with van der Waals surface area (Å²) in [6, 6.07) is 2.12. The summed E-state index contributed by atoms with van der Waals surface area (Å²) >= 11 is 0. The van der Waals surface area contributed by atoms with E-state index in [4.69, 9.17) is 4.74 Å². The topological polar surface area (TPSA) is 64.9 Å². The van der Waals surface area contributed by atoms with Gasteiger partial charge in [0.1, 0.15) is 11.6 Å². The molecule has 20 heavy (non-hydrogen) atoms. The molecule has 0 amide bonds. The van der Waals surface area contributed by atoms with Gasteiger partial charge in [0.25, 0.3) is 0 Å². The third kappa shape index (κ3) is 2.74. The van der Waals surface area contributed by atoms with E-state index >= 15 is 0 Å². The fraction of sp³-hybridized carbons (Fsp3) is 0.500. The molecule has 1 N–H and O–H groups in total. The highest BCUT2D eigenvalue weighted by Crippen LogP contribution is 2.39. The Bertz CT molecular complexity index is 603. The van der Waals surface area contributed by atoms with Gasteiger partial charge >= 0.3 is 0 Å². The molecule has 1 saturated carbocycles. The molecular formula is C14H19N5O. The molecule has 106 valence electrons. The minimum atomic E-state index is 0.313. The van der Waals surface area contributed by atoms with Gasteiger partial charge in [-0.25, -0.2) is 4.98 Å². The lowest BCUT2D eigenvalue weighted by Gasteiger charge is -2.07. The van der Waals surface area contributed by atoms with Crippen LogP contribution < -0.4 is 10.1 Å². The van der Waals surface area contributed by atoms with Crippen LogP contribution in [0.2, 0.25) is 0 Å². The molecule has 2 heterocycles. The van der Waals surface area contributed by atoms with Gasteiger partial charge in [-0.15, -0.1) is 0 Å². The van der Waals surface area contributed by atoms with Gasteiger partial charge in [0, 0.05) is 25.1 Å². The van der Waals surface area contributed by atoms with Gasteiger partial charge in [0.2, 0.25) is 5.88 Å². The molecule has 6 heteroatoms. The zero-order valence-corrected chi connectivity index (χ0v) is 12.0. The molecule has 0 aromatic carbocycles. The number of hydrogen-bond acceptors (Lipinski definition) is 5. The Hall–Kier alpha value is -2.11. The third-order valence-corrected chi connectivity index (χ3v) is 3.25. The van der Waals surface area contributed by atoms with Crippen LogP contribution in [-0.4, -0.2) is 26.8 Å². The minimum absolute atomic E-state index is 0.313. The van der Waals surface area contributed by atoms with Crippen molar-refractivity contribution in [2.24, 2.45) is 0 Å². The molecule has 0 unspecified atom stereocenters. The molecule has 2 aromatic rings. The van der Waals surface area contributed by atoms with E-state index in [1.54, 1.807) is 12.3 Å². The Balaban J connectivity index is 1.83. The van der Waals surface area contributed by atoms with E-state index in [0.29, 0.717) is 23.6 Å². The van der Waals surface area contributed by atoms with Gasteiger partial charge in [0.05, 0.1) is 12.4 Å². The zero-order chi connectivity index (χ0) is 14.1. The van der Waals surface area contributed by atoms with Crippen LogP contribution >= 0.6 is 0 Å². The molecular weight excluding hydrogens is 254 g/mol. The van der Waals surface area contributed by atoms with Crippen LogP contribution in [0.25, 0.3) is 0 Å². The smallest absolute Gasteiger partial charge is 0.224 e. The van der Waals surface area contributed by atoms with Crippen LogP contribution in [0, 0.1) is 0 Å². The molecule has 0 saturated heterocycles. The Morgan fingerprint density at radius 2 is 2.15 bits per heavy atom. The van der Waals surface area contributed by atoms with Crippen molar-refractivity contribution in [1.29, 1.82) is 0 Å². The molecule has 0 spiro atoms. The van der Waals surface area contributed by atoms with Crippen molar-refractivity contribution in [2.45, 2.75) is 38.6 Å². The molecule has 1 aliphatic carbocycles. The highest BCUT2D eigenvalue weighted by molar-refractivity contribution is 5.39. The normalized spacial score (nSPS) is 14.6. The Morgan fingerprint density at radius 1 is 1.35 bits per heavy atom. The second kappa shape index (κ2) is 5.11. The van der Waals surface area contributed by atoms with E-state index in [1.165, 1.54) is 0 Å². The number of rotatable bonds is 5. The SMILES string of the molecule is CNc1cc(Oc2cnn(C(C)C)c2)nc(C2CC2)n1. The molecule has 0 atom stereocenters. The zero-order valence-electron chi connectivity index (χ0n) is 12.0. The van der Waals surface area contributed by atoms with E-state index in [9.17, 15) is 0 Å². The highest BCUT2D eigenvalue weighted by Gasteiger charge is 2.27. The number of nitrogens with zero attached hydrogens (tertiary/aromatic N) is 4. The van der Waals surface area contributed by atoms with E-state index in [0.717, 1.165) is 24.5 Å². The monoisotopic (exact) mass is 273 g/mol. The molecule has 2 aromatic heterocycles. The minimum Gasteiger partial charge on any atom is -0.436 e. The fourth-order valence-electron chi connectivity index (χ4n) is 1.92. The van der Waals surface area contributed by atoms with Crippen LogP contribution in [0.3, 0.4) is 0 Å². The fourth-order valence-corrected chi connectivity index (χ4v) is 1.92. The predicted molar refractivity (Wildman–Crippen MR) is 76.2 cm³/mol. The summed E-state index contributed by atoms with van der Waals surface area (Å²) in [4.78, 5) is 8.95. The summed E-state index contributed by atoms with van der Waals surface area (Å²) in [5.74, 6) is 3.40. The summed E-state index contributed by atoms with van der Waals surface area (Å²) < 4.78 is 7.65.